The molecule has 2 aromatic rings. The zero-order valence-corrected chi connectivity index (χ0v) is 13.2. The van der Waals surface area contributed by atoms with Crippen molar-refractivity contribution in [1.29, 1.82) is 0 Å². The highest BCUT2D eigenvalue weighted by molar-refractivity contribution is 8.23. The number of thiocarbonyl (C=S) groups is 1. The van der Waals surface area contributed by atoms with Gasteiger partial charge >= 0.3 is 0 Å². The van der Waals surface area contributed by atoms with Gasteiger partial charge in [0.25, 0.3) is 0 Å². The van der Waals surface area contributed by atoms with E-state index in [1.54, 1.807) is 0 Å². The number of thioether (sulfide) groups is 1. The average molecular weight is 302 g/mol. The Balaban J connectivity index is 1.93. The second kappa shape index (κ2) is 6.88. The van der Waals surface area contributed by atoms with Gasteiger partial charge in [-0.25, -0.2) is 0 Å². The quantitative estimate of drug-likeness (QED) is 0.512. The van der Waals surface area contributed by atoms with E-state index in [2.05, 4.69) is 43.4 Å². The van der Waals surface area contributed by atoms with E-state index in [9.17, 15) is 0 Å². The largest absolute Gasteiger partial charge is 0.352 e. The zero-order valence-electron chi connectivity index (χ0n) is 11.6. The van der Waals surface area contributed by atoms with Gasteiger partial charge in [-0.3, -0.25) is 0 Å². The molecular formula is C16H18N2S2. The molecule has 104 valence electrons. The molecular weight excluding hydrogens is 284 g/mol. The van der Waals surface area contributed by atoms with E-state index in [1.807, 2.05) is 24.3 Å². The predicted octanol–water partition coefficient (Wildman–Crippen LogP) is 3.93. The number of nitrogens with two attached hydrogens (primary N) is 1. The Morgan fingerprint density at radius 1 is 1.00 bits per heavy atom. The molecule has 1 atom stereocenters. The van der Waals surface area contributed by atoms with Crippen LogP contribution in [0.15, 0.2) is 53.4 Å². The maximum Gasteiger partial charge on any atom is 0.140 e. The van der Waals surface area contributed by atoms with Crippen LogP contribution in [0.4, 0.5) is 0 Å². The van der Waals surface area contributed by atoms with E-state index < -0.39 is 0 Å². The van der Waals surface area contributed by atoms with Crippen LogP contribution in [0, 0.1) is 13.8 Å². The molecule has 0 bridgehead atoms. The van der Waals surface area contributed by atoms with Crippen molar-refractivity contribution < 1.29 is 0 Å². The third-order valence-corrected chi connectivity index (χ3v) is 4.12. The van der Waals surface area contributed by atoms with E-state index in [0.717, 1.165) is 10.5 Å². The lowest BCUT2D eigenvalue weighted by Crippen LogP contribution is -2.31. The van der Waals surface area contributed by atoms with Gasteiger partial charge < -0.3 is 11.1 Å². The van der Waals surface area contributed by atoms with Crippen molar-refractivity contribution in [1.82, 2.24) is 5.32 Å². The summed E-state index contributed by atoms with van der Waals surface area (Å²) in [6.07, 6.45) is -0.277. The van der Waals surface area contributed by atoms with Crippen LogP contribution in [0.1, 0.15) is 22.9 Å². The summed E-state index contributed by atoms with van der Waals surface area (Å²) < 4.78 is 0.682. The molecule has 0 heterocycles. The van der Waals surface area contributed by atoms with Crippen LogP contribution in [-0.2, 0) is 0 Å². The Morgan fingerprint density at radius 3 is 2.05 bits per heavy atom. The Bertz CT molecular complexity index is 576. The Kier molecular flexibility index (Phi) is 5.17. The number of rotatable bonds is 3. The van der Waals surface area contributed by atoms with Crippen molar-refractivity contribution in [2.45, 2.75) is 24.9 Å². The van der Waals surface area contributed by atoms with Gasteiger partial charge in [0, 0.05) is 4.90 Å². The van der Waals surface area contributed by atoms with Gasteiger partial charge in [0.2, 0.25) is 0 Å². The molecule has 2 aromatic carbocycles. The molecule has 0 spiro atoms. The van der Waals surface area contributed by atoms with E-state index in [1.165, 1.54) is 22.9 Å². The summed E-state index contributed by atoms with van der Waals surface area (Å²) in [6, 6.07) is 16.4. The lowest BCUT2D eigenvalue weighted by Gasteiger charge is -2.16. The van der Waals surface area contributed by atoms with Gasteiger partial charge in [-0.15, -0.1) is 0 Å². The summed E-state index contributed by atoms with van der Waals surface area (Å²) in [5, 5.41) is 3.15. The maximum atomic E-state index is 6.11. The standard InChI is InChI=1S/C16H18N2S2/c1-11-3-7-13(8-4-11)15(17)18-16(19)20-14-9-5-12(2)6-10-14/h3-10,15H,17H2,1-2H3,(H,18,19). The fourth-order valence-electron chi connectivity index (χ4n) is 1.73. The summed E-state index contributed by atoms with van der Waals surface area (Å²) in [6.45, 7) is 4.12. The highest BCUT2D eigenvalue weighted by atomic mass is 32.2. The van der Waals surface area contributed by atoms with E-state index in [4.69, 9.17) is 18.0 Å². The number of aryl methyl sites for hydroxylation is 2. The van der Waals surface area contributed by atoms with Gasteiger partial charge in [0.15, 0.2) is 0 Å². The maximum absolute atomic E-state index is 6.11. The molecule has 3 N–H and O–H groups in total. The van der Waals surface area contributed by atoms with Crippen molar-refractivity contribution in [2.75, 3.05) is 0 Å². The molecule has 2 nitrogen and oxygen atoms in total. The first kappa shape index (κ1) is 15.0. The first-order valence-electron chi connectivity index (χ1n) is 6.42. The SMILES string of the molecule is Cc1ccc(SC(=S)NC(N)c2ccc(C)cc2)cc1. The molecule has 0 aliphatic rings. The van der Waals surface area contributed by atoms with Gasteiger partial charge in [-0.2, -0.15) is 0 Å². The lowest BCUT2D eigenvalue weighted by atomic mass is 10.1. The second-order valence-corrected chi connectivity index (χ2v) is 6.49. The van der Waals surface area contributed by atoms with E-state index in [0.29, 0.717) is 4.32 Å². The van der Waals surface area contributed by atoms with Crippen LogP contribution >= 0.6 is 24.0 Å². The van der Waals surface area contributed by atoms with Crippen LogP contribution < -0.4 is 11.1 Å². The molecule has 0 aromatic heterocycles. The smallest absolute Gasteiger partial charge is 0.140 e. The summed E-state index contributed by atoms with van der Waals surface area (Å²) >= 11 is 6.86. The summed E-state index contributed by atoms with van der Waals surface area (Å²) in [4.78, 5) is 1.12. The Morgan fingerprint density at radius 2 is 1.50 bits per heavy atom. The molecule has 1 unspecified atom stereocenters. The topological polar surface area (TPSA) is 38.0 Å². The van der Waals surface area contributed by atoms with Crippen LogP contribution in [0.3, 0.4) is 0 Å². The minimum atomic E-state index is -0.277. The fraction of sp³-hybridized carbons (Fsp3) is 0.188. The molecule has 0 fully saturated rings. The van der Waals surface area contributed by atoms with E-state index in [-0.39, 0.29) is 6.17 Å². The fourth-order valence-corrected chi connectivity index (χ4v) is 2.81. The zero-order chi connectivity index (χ0) is 14.5. The molecule has 2 rings (SSSR count). The minimum absolute atomic E-state index is 0.277. The van der Waals surface area contributed by atoms with Crippen LogP contribution in [-0.4, -0.2) is 4.32 Å². The minimum Gasteiger partial charge on any atom is -0.352 e. The van der Waals surface area contributed by atoms with Crippen molar-refractivity contribution >= 4 is 28.3 Å². The third-order valence-electron chi connectivity index (χ3n) is 2.94. The molecule has 0 saturated carbocycles. The first-order valence-corrected chi connectivity index (χ1v) is 7.64. The molecule has 4 heteroatoms. The van der Waals surface area contributed by atoms with Gasteiger partial charge in [-0.05, 0) is 31.5 Å². The van der Waals surface area contributed by atoms with Crippen molar-refractivity contribution in [3.63, 3.8) is 0 Å². The van der Waals surface area contributed by atoms with Gasteiger partial charge in [0.05, 0.1) is 0 Å². The third kappa shape index (κ3) is 4.34. The van der Waals surface area contributed by atoms with Crippen molar-refractivity contribution in [2.24, 2.45) is 5.73 Å². The monoisotopic (exact) mass is 302 g/mol. The van der Waals surface area contributed by atoms with E-state index >= 15 is 0 Å². The van der Waals surface area contributed by atoms with Crippen molar-refractivity contribution in [3.8, 4) is 0 Å². The highest BCUT2D eigenvalue weighted by Gasteiger charge is 2.08. The molecule has 0 amide bonds. The summed E-state index contributed by atoms with van der Waals surface area (Å²) in [7, 11) is 0. The highest BCUT2D eigenvalue weighted by Crippen LogP contribution is 2.20. The molecule has 0 radical (unpaired) electrons. The normalized spacial score (nSPS) is 11.9. The number of benzene rings is 2. The van der Waals surface area contributed by atoms with Crippen LogP contribution in [0.5, 0.6) is 0 Å². The Hall–Kier alpha value is -1.36. The second-order valence-electron chi connectivity index (χ2n) is 4.74. The molecule has 0 aliphatic heterocycles. The van der Waals surface area contributed by atoms with Gasteiger partial charge in [-0.1, -0.05) is 71.5 Å². The van der Waals surface area contributed by atoms with Crippen LogP contribution in [0.2, 0.25) is 0 Å². The summed E-state index contributed by atoms with van der Waals surface area (Å²) in [5.41, 5.74) is 9.60. The number of nitrogens with one attached hydrogen (secondary N) is 1. The molecule has 20 heavy (non-hydrogen) atoms. The lowest BCUT2D eigenvalue weighted by molar-refractivity contribution is 0.692. The molecule has 0 saturated heterocycles. The average Bonchev–Trinajstić information content (AvgIpc) is 2.42. The summed E-state index contributed by atoms with van der Waals surface area (Å²) in [5.74, 6) is 0. The predicted molar refractivity (Wildman–Crippen MR) is 90.9 cm³/mol. The Labute approximate surface area is 129 Å². The number of hydrogen-bond donors (Lipinski definition) is 2. The van der Waals surface area contributed by atoms with Gasteiger partial charge in [0.1, 0.15) is 10.5 Å². The van der Waals surface area contributed by atoms with Crippen molar-refractivity contribution in [3.05, 3.63) is 65.2 Å². The molecule has 0 aliphatic carbocycles. The first-order chi connectivity index (χ1) is 9.54. The van der Waals surface area contributed by atoms with Crippen LogP contribution in [0.25, 0.3) is 0 Å². The number of hydrogen-bond acceptors (Lipinski definition) is 3.